The average molecular weight is 453 g/mol. The molecule has 0 unspecified atom stereocenters. The van der Waals surface area contributed by atoms with Gasteiger partial charge in [-0.1, -0.05) is 5.92 Å². The molecule has 2 aromatic heterocycles. The van der Waals surface area contributed by atoms with Crippen LogP contribution in [0, 0.1) is 11.8 Å². The number of carbonyl (C=O) groups is 1. The number of ether oxygens (including phenoxy) is 3. The van der Waals surface area contributed by atoms with Gasteiger partial charge in [0.1, 0.15) is 29.1 Å². The van der Waals surface area contributed by atoms with Crippen molar-refractivity contribution in [2.75, 3.05) is 37.8 Å². The highest BCUT2D eigenvalue weighted by atomic mass is 16.6. The van der Waals surface area contributed by atoms with Crippen LogP contribution < -0.4 is 15.0 Å². The van der Waals surface area contributed by atoms with E-state index in [2.05, 4.69) is 39.1 Å². The molecule has 5 heterocycles. The molecule has 0 saturated carbocycles. The third-order valence-electron chi connectivity index (χ3n) is 6.50. The molecule has 2 aromatic rings. The number of anilines is 1. The van der Waals surface area contributed by atoms with E-state index in [9.17, 15) is 9.90 Å². The predicted octanol–water partition coefficient (Wildman–Crippen LogP) is 0.403. The Labute approximate surface area is 191 Å². The monoisotopic (exact) mass is 453 g/mol. The summed E-state index contributed by atoms with van der Waals surface area (Å²) in [6.07, 6.45) is 3.63. The average Bonchev–Trinajstić information content (AvgIpc) is 3.41. The number of hydrogen-bond acceptors (Lipinski definition) is 8. The van der Waals surface area contributed by atoms with Gasteiger partial charge in [-0.05, 0) is 25.0 Å². The molecule has 0 amide bonds. The van der Waals surface area contributed by atoms with Crippen molar-refractivity contribution >= 4 is 11.7 Å². The smallest absolute Gasteiger partial charge is 0.320 e. The molecule has 2 N–H and O–H groups in total. The highest BCUT2D eigenvalue weighted by Crippen LogP contribution is 2.38. The minimum atomic E-state index is -0.872. The maximum atomic E-state index is 11.3. The van der Waals surface area contributed by atoms with Gasteiger partial charge in [0.25, 0.3) is 0 Å². The molecule has 33 heavy (non-hydrogen) atoms. The maximum Gasteiger partial charge on any atom is 0.320 e. The summed E-state index contributed by atoms with van der Waals surface area (Å²) in [6, 6.07) is 3.27. The number of aliphatic carboxylic acids is 1. The SMILES string of the molecule is C[C@H]1N(c2cc(C#Cc3ccn(C)n3)cnc2O[C@@H]2CN[C@H](C(=O)O)C2)CCOC12COC2. The van der Waals surface area contributed by atoms with E-state index >= 15 is 0 Å². The Morgan fingerprint density at radius 1 is 1.39 bits per heavy atom. The van der Waals surface area contributed by atoms with Crippen LogP contribution in [0.3, 0.4) is 0 Å². The first kappa shape index (κ1) is 21.7. The van der Waals surface area contributed by atoms with Gasteiger partial charge in [-0.3, -0.25) is 9.48 Å². The van der Waals surface area contributed by atoms with Crippen molar-refractivity contribution in [2.24, 2.45) is 7.05 Å². The molecule has 0 bridgehead atoms. The van der Waals surface area contributed by atoms with E-state index in [1.54, 1.807) is 10.9 Å². The van der Waals surface area contributed by atoms with Crippen LogP contribution in [0.1, 0.15) is 24.6 Å². The van der Waals surface area contributed by atoms with Crippen molar-refractivity contribution in [3.05, 3.63) is 35.8 Å². The topological polar surface area (TPSA) is 111 Å². The van der Waals surface area contributed by atoms with E-state index in [4.69, 9.17) is 14.2 Å². The van der Waals surface area contributed by atoms with Crippen molar-refractivity contribution < 1.29 is 24.1 Å². The molecular formula is C23H27N5O5. The fourth-order valence-electron chi connectivity index (χ4n) is 4.46. The number of aromatic nitrogens is 3. The summed E-state index contributed by atoms with van der Waals surface area (Å²) < 4.78 is 19.5. The summed E-state index contributed by atoms with van der Waals surface area (Å²) in [7, 11) is 1.85. The number of nitrogens with zero attached hydrogens (tertiary/aromatic N) is 4. The fourth-order valence-corrected chi connectivity index (χ4v) is 4.46. The third-order valence-corrected chi connectivity index (χ3v) is 6.50. The van der Waals surface area contributed by atoms with E-state index in [0.29, 0.717) is 50.9 Å². The van der Waals surface area contributed by atoms with E-state index in [1.165, 1.54) is 0 Å². The van der Waals surface area contributed by atoms with Gasteiger partial charge in [0.15, 0.2) is 0 Å². The Bertz CT molecular complexity index is 1100. The molecular weight excluding hydrogens is 426 g/mol. The lowest BCUT2D eigenvalue weighted by Crippen LogP contribution is -2.68. The standard InChI is InChI=1S/C23H27N5O5/c1-15-23(13-31-14-23)32-8-7-28(15)20-9-16(3-4-17-5-6-27(2)26-17)11-25-21(20)33-18-10-19(22(29)30)24-12-18/h5-6,9,11,15,18-19,24H,7-8,10,12-14H2,1-2H3,(H,29,30)/t15-,18+,19+/m1/s1. The van der Waals surface area contributed by atoms with Crippen LogP contribution in [0.5, 0.6) is 5.88 Å². The predicted molar refractivity (Wildman–Crippen MR) is 118 cm³/mol. The summed E-state index contributed by atoms with van der Waals surface area (Å²) >= 11 is 0. The van der Waals surface area contributed by atoms with Crippen molar-refractivity contribution in [3.63, 3.8) is 0 Å². The molecule has 0 aromatic carbocycles. The Morgan fingerprint density at radius 2 is 2.24 bits per heavy atom. The number of morpholine rings is 1. The van der Waals surface area contributed by atoms with Crippen LogP contribution in [0.4, 0.5) is 5.69 Å². The molecule has 3 aliphatic rings. The van der Waals surface area contributed by atoms with Crippen LogP contribution in [0.2, 0.25) is 0 Å². The van der Waals surface area contributed by atoms with Crippen molar-refractivity contribution in [3.8, 4) is 17.7 Å². The van der Waals surface area contributed by atoms with Gasteiger partial charge in [0.2, 0.25) is 5.88 Å². The van der Waals surface area contributed by atoms with Crippen molar-refractivity contribution in [1.29, 1.82) is 0 Å². The van der Waals surface area contributed by atoms with Gasteiger partial charge in [-0.25, -0.2) is 4.98 Å². The molecule has 5 rings (SSSR count). The van der Waals surface area contributed by atoms with Gasteiger partial charge in [-0.15, -0.1) is 0 Å². The van der Waals surface area contributed by atoms with Gasteiger partial charge in [-0.2, -0.15) is 5.10 Å². The zero-order chi connectivity index (χ0) is 23.0. The second-order valence-corrected chi connectivity index (χ2v) is 8.72. The molecule has 174 valence electrons. The molecule has 10 heteroatoms. The number of hydrogen-bond donors (Lipinski definition) is 2. The summed E-state index contributed by atoms with van der Waals surface area (Å²) in [4.78, 5) is 18.1. The maximum absolute atomic E-state index is 11.3. The zero-order valence-corrected chi connectivity index (χ0v) is 18.7. The van der Waals surface area contributed by atoms with Gasteiger partial charge < -0.3 is 29.5 Å². The Hall–Kier alpha value is -3.13. The number of carboxylic acid groups (broad SMARTS) is 1. The number of carboxylic acids is 1. The summed E-state index contributed by atoms with van der Waals surface area (Å²) in [5, 5.41) is 16.6. The normalized spacial score (nSPS) is 25.9. The molecule has 1 spiro atoms. The molecule has 3 saturated heterocycles. The Balaban J connectivity index is 1.45. The first-order valence-corrected chi connectivity index (χ1v) is 11.1. The lowest BCUT2D eigenvalue weighted by atomic mass is 9.90. The molecule has 10 nitrogen and oxygen atoms in total. The number of nitrogens with one attached hydrogen (secondary N) is 1. The number of aryl methyl sites for hydroxylation is 1. The molecule has 3 fully saturated rings. The van der Waals surface area contributed by atoms with Crippen LogP contribution in [-0.4, -0.2) is 82.5 Å². The summed E-state index contributed by atoms with van der Waals surface area (Å²) in [6.45, 7) is 4.94. The Morgan fingerprint density at radius 3 is 2.91 bits per heavy atom. The summed E-state index contributed by atoms with van der Waals surface area (Å²) in [5.41, 5.74) is 1.91. The molecule has 0 radical (unpaired) electrons. The second-order valence-electron chi connectivity index (χ2n) is 8.72. The molecule has 3 aliphatic heterocycles. The number of pyridine rings is 1. The Kier molecular flexibility index (Phi) is 5.70. The lowest BCUT2D eigenvalue weighted by molar-refractivity contribution is -0.228. The van der Waals surface area contributed by atoms with Crippen molar-refractivity contribution in [1.82, 2.24) is 20.1 Å². The summed E-state index contributed by atoms with van der Waals surface area (Å²) in [5.74, 6) is 5.82. The van der Waals surface area contributed by atoms with E-state index < -0.39 is 12.0 Å². The van der Waals surface area contributed by atoms with E-state index in [0.717, 1.165) is 11.3 Å². The third kappa shape index (κ3) is 4.27. The van der Waals surface area contributed by atoms with Gasteiger partial charge >= 0.3 is 5.97 Å². The first-order valence-electron chi connectivity index (χ1n) is 11.1. The minimum absolute atomic E-state index is 0.0524. The number of rotatable bonds is 4. The highest BCUT2D eigenvalue weighted by Gasteiger charge is 2.50. The van der Waals surface area contributed by atoms with Crippen LogP contribution in [-0.2, 0) is 21.3 Å². The van der Waals surface area contributed by atoms with Crippen LogP contribution >= 0.6 is 0 Å². The van der Waals surface area contributed by atoms with Gasteiger partial charge in [0.05, 0.1) is 25.9 Å². The van der Waals surface area contributed by atoms with Crippen LogP contribution in [0.15, 0.2) is 24.5 Å². The lowest BCUT2D eigenvalue weighted by Gasteiger charge is -2.53. The quantitative estimate of drug-likeness (QED) is 0.636. The second kappa shape index (κ2) is 8.67. The zero-order valence-electron chi connectivity index (χ0n) is 18.7. The fraction of sp³-hybridized carbons (Fsp3) is 0.522. The van der Waals surface area contributed by atoms with E-state index in [1.807, 2.05) is 25.4 Å². The molecule has 0 aliphatic carbocycles. The van der Waals surface area contributed by atoms with E-state index in [-0.39, 0.29) is 17.7 Å². The minimum Gasteiger partial charge on any atom is -0.480 e. The first-order chi connectivity index (χ1) is 15.9. The highest BCUT2D eigenvalue weighted by molar-refractivity contribution is 5.74. The van der Waals surface area contributed by atoms with Gasteiger partial charge in [0, 0.05) is 44.5 Å². The van der Waals surface area contributed by atoms with Crippen LogP contribution in [0.25, 0.3) is 0 Å². The largest absolute Gasteiger partial charge is 0.480 e. The van der Waals surface area contributed by atoms with Crippen molar-refractivity contribution in [2.45, 2.75) is 37.1 Å². The molecule has 3 atom stereocenters.